The van der Waals surface area contributed by atoms with Crippen molar-refractivity contribution in [2.45, 2.75) is 40.5 Å². The lowest BCUT2D eigenvalue weighted by molar-refractivity contribution is -0.129. The molecular weight excluding hydrogens is 400 g/mol. The predicted molar refractivity (Wildman–Crippen MR) is 128 cm³/mol. The Morgan fingerprint density at radius 2 is 1.62 bits per heavy atom. The number of hydrogen-bond acceptors (Lipinski definition) is 3. The highest BCUT2D eigenvalue weighted by Gasteiger charge is 2.13. The first-order chi connectivity index (χ1) is 15.4. The van der Waals surface area contributed by atoms with Gasteiger partial charge in [0.25, 0.3) is 0 Å². The average Bonchev–Trinajstić information content (AvgIpc) is 3.02. The lowest BCUT2D eigenvalue weighted by atomic mass is 10.1. The minimum atomic E-state index is -0.443. The maximum Gasteiger partial charge on any atom is 0.249 e. The quantitative estimate of drug-likeness (QED) is 0.323. The lowest BCUT2D eigenvalue weighted by Gasteiger charge is -2.15. The van der Waals surface area contributed by atoms with Gasteiger partial charge in [0, 0.05) is 23.5 Å². The van der Waals surface area contributed by atoms with Crippen LogP contribution in [-0.2, 0) is 16.0 Å². The van der Waals surface area contributed by atoms with E-state index in [1.165, 1.54) is 16.8 Å². The molecule has 0 bridgehead atoms. The van der Waals surface area contributed by atoms with Crippen molar-refractivity contribution in [3.05, 3.63) is 88.2 Å². The van der Waals surface area contributed by atoms with Crippen molar-refractivity contribution in [3.63, 3.8) is 0 Å². The Bertz CT molecular complexity index is 1110. The third kappa shape index (κ3) is 5.72. The van der Waals surface area contributed by atoms with Gasteiger partial charge in [0.15, 0.2) is 0 Å². The van der Waals surface area contributed by atoms with Crippen molar-refractivity contribution >= 4 is 18.0 Å². The van der Waals surface area contributed by atoms with Crippen molar-refractivity contribution in [2.75, 3.05) is 6.54 Å². The Balaban J connectivity index is 1.54. The highest BCUT2D eigenvalue weighted by atomic mass is 16.2. The molecule has 6 nitrogen and oxygen atoms in total. The monoisotopic (exact) mass is 430 g/mol. The molecule has 32 heavy (non-hydrogen) atoms. The van der Waals surface area contributed by atoms with E-state index < -0.39 is 5.91 Å². The van der Waals surface area contributed by atoms with E-state index in [-0.39, 0.29) is 12.3 Å². The van der Waals surface area contributed by atoms with Crippen molar-refractivity contribution in [1.29, 1.82) is 0 Å². The van der Waals surface area contributed by atoms with Crippen LogP contribution in [0.3, 0.4) is 0 Å². The van der Waals surface area contributed by atoms with Crippen LogP contribution < -0.4 is 10.7 Å². The topological polar surface area (TPSA) is 75.5 Å². The molecule has 0 atom stereocenters. The fourth-order valence-electron chi connectivity index (χ4n) is 3.83. The van der Waals surface area contributed by atoms with Gasteiger partial charge in [-0.2, -0.15) is 5.10 Å². The summed E-state index contributed by atoms with van der Waals surface area (Å²) in [4.78, 5) is 24.0. The fraction of sp³-hybridized carbons (Fsp3) is 0.269. The van der Waals surface area contributed by atoms with Crippen molar-refractivity contribution in [1.82, 2.24) is 15.3 Å². The summed E-state index contributed by atoms with van der Waals surface area (Å²) >= 11 is 0. The maximum atomic E-state index is 12.1. The number of para-hydroxylation sites is 1. The number of carbonyl (C=O) groups excluding carboxylic acids is 2. The first-order valence-electron chi connectivity index (χ1n) is 10.7. The molecular formula is C26H30N4O2. The molecule has 1 heterocycles. The van der Waals surface area contributed by atoms with Gasteiger partial charge in [0.1, 0.15) is 6.42 Å². The number of hydrazone groups is 1. The fourth-order valence-corrected chi connectivity index (χ4v) is 3.83. The molecule has 0 spiro atoms. The normalized spacial score (nSPS) is 11.0. The summed E-state index contributed by atoms with van der Waals surface area (Å²) in [5.74, 6) is -0.760. The second-order valence-electron chi connectivity index (χ2n) is 7.96. The molecule has 2 aromatic carbocycles. The summed E-state index contributed by atoms with van der Waals surface area (Å²) in [6.45, 7) is 8.76. The summed E-state index contributed by atoms with van der Waals surface area (Å²) < 4.78 is 2.20. The maximum absolute atomic E-state index is 12.1. The zero-order valence-corrected chi connectivity index (χ0v) is 19.1. The molecule has 2 amide bonds. The number of nitrogens with zero attached hydrogens (tertiary/aromatic N) is 2. The van der Waals surface area contributed by atoms with Crippen LogP contribution >= 0.6 is 0 Å². The van der Waals surface area contributed by atoms with Gasteiger partial charge < -0.3 is 9.88 Å². The van der Waals surface area contributed by atoms with Crippen molar-refractivity contribution < 1.29 is 9.59 Å². The molecule has 0 saturated heterocycles. The zero-order chi connectivity index (χ0) is 23.1. The number of nitrogens with one attached hydrogen (secondary N) is 2. The molecule has 0 fully saturated rings. The second kappa shape index (κ2) is 10.6. The number of rotatable bonds is 8. The largest absolute Gasteiger partial charge is 0.355 e. The number of benzene rings is 2. The minimum absolute atomic E-state index is 0.256. The summed E-state index contributed by atoms with van der Waals surface area (Å²) in [7, 11) is 0. The van der Waals surface area contributed by atoms with Crippen molar-refractivity contribution in [2.24, 2.45) is 5.10 Å². The molecule has 0 aliphatic heterocycles. The summed E-state index contributed by atoms with van der Waals surface area (Å²) in [5.41, 5.74) is 10.2. The Morgan fingerprint density at radius 1 is 0.938 bits per heavy atom. The van der Waals surface area contributed by atoms with Gasteiger partial charge in [0.2, 0.25) is 11.8 Å². The molecule has 6 heteroatoms. The summed E-state index contributed by atoms with van der Waals surface area (Å²) in [6.07, 6.45) is 2.09. The molecule has 3 rings (SSSR count). The van der Waals surface area contributed by atoms with Gasteiger partial charge >= 0.3 is 0 Å². The third-order valence-corrected chi connectivity index (χ3v) is 5.43. The van der Waals surface area contributed by atoms with Crippen LogP contribution in [0.15, 0.2) is 59.7 Å². The standard InChI is InChI=1S/C26H30N4O2/c1-18-9-8-10-19(2)26(18)30-20(3)15-23(21(30)4)17-28-29-25(32)16-24(31)27-14-13-22-11-6-5-7-12-22/h5-12,15,17H,13-14,16H2,1-4H3,(H,27,31)(H,29,32)/b28-17+. The molecule has 0 radical (unpaired) electrons. The van der Waals surface area contributed by atoms with Crippen LogP contribution in [0.2, 0.25) is 0 Å². The average molecular weight is 431 g/mol. The van der Waals surface area contributed by atoms with Crippen LogP contribution in [0.25, 0.3) is 5.69 Å². The molecule has 0 saturated carbocycles. The number of aryl methyl sites for hydroxylation is 3. The van der Waals surface area contributed by atoms with E-state index in [1.54, 1.807) is 6.21 Å². The third-order valence-electron chi connectivity index (χ3n) is 5.43. The molecule has 0 aliphatic carbocycles. The van der Waals surface area contributed by atoms with E-state index in [1.807, 2.05) is 43.3 Å². The van der Waals surface area contributed by atoms with E-state index in [0.717, 1.165) is 28.9 Å². The second-order valence-corrected chi connectivity index (χ2v) is 7.96. The Morgan fingerprint density at radius 3 is 2.31 bits per heavy atom. The van der Waals surface area contributed by atoms with Gasteiger partial charge in [-0.05, 0) is 56.9 Å². The van der Waals surface area contributed by atoms with Gasteiger partial charge in [-0.1, -0.05) is 48.5 Å². The first kappa shape index (κ1) is 23.0. The Kier molecular flexibility index (Phi) is 7.60. The van der Waals surface area contributed by atoms with Crippen LogP contribution in [0.5, 0.6) is 0 Å². The molecule has 2 N–H and O–H groups in total. The van der Waals surface area contributed by atoms with E-state index in [2.05, 4.69) is 59.4 Å². The lowest BCUT2D eigenvalue weighted by Crippen LogP contribution is -2.31. The highest BCUT2D eigenvalue weighted by molar-refractivity contribution is 5.97. The van der Waals surface area contributed by atoms with E-state index >= 15 is 0 Å². The van der Waals surface area contributed by atoms with E-state index in [9.17, 15) is 9.59 Å². The van der Waals surface area contributed by atoms with Gasteiger partial charge in [-0.25, -0.2) is 5.43 Å². The first-order valence-corrected chi connectivity index (χ1v) is 10.7. The Labute approximate surface area is 189 Å². The summed E-state index contributed by atoms with van der Waals surface area (Å²) in [6, 6.07) is 18.2. The smallest absolute Gasteiger partial charge is 0.249 e. The molecule has 166 valence electrons. The highest BCUT2D eigenvalue weighted by Crippen LogP contribution is 2.25. The number of hydrogen-bond donors (Lipinski definition) is 2. The van der Waals surface area contributed by atoms with Crippen LogP contribution in [0.1, 0.15) is 40.1 Å². The van der Waals surface area contributed by atoms with Gasteiger partial charge in [0.05, 0.1) is 11.9 Å². The molecule has 3 aromatic rings. The van der Waals surface area contributed by atoms with E-state index in [0.29, 0.717) is 6.54 Å². The Hall–Kier alpha value is -3.67. The minimum Gasteiger partial charge on any atom is -0.355 e. The van der Waals surface area contributed by atoms with Crippen LogP contribution in [0.4, 0.5) is 0 Å². The van der Waals surface area contributed by atoms with E-state index in [4.69, 9.17) is 0 Å². The van der Waals surface area contributed by atoms with Gasteiger partial charge in [-0.15, -0.1) is 0 Å². The number of amides is 2. The van der Waals surface area contributed by atoms with Crippen LogP contribution in [0, 0.1) is 27.7 Å². The number of aromatic nitrogens is 1. The SMILES string of the molecule is Cc1cccc(C)c1-n1c(C)cc(/C=N/NC(=O)CC(=O)NCCc2ccccc2)c1C. The number of carbonyl (C=O) groups is 2. The van der Waals surface area contributed by atoms with Crippen molar-refractivity contribution in [3.8, 4) is 5.69 Å². The predicted octanol–water partition coefficient (Wildman–Crippen LogP) is 3.91. The zero-order valence-electron chi connectivity index (χ0n) is 19.1. The molecule has 1 aromatic heterocycles. The molecule has 0 unspecified atom stereocenters. The van der Waals surface area contributed by atoms with Gasteiger partial charge in [-0.3, -0.25) is 9.59 Å². The summed E-state index contributed by atoms with van der Waals surface area (Å²) in [5, 5.41) is 6.82. The van der Waals surface area contributed by atoms with Crippen LogP contribution in [-0.4, -0.2) is 29.1 Å². The molecule has 0 aliphatic rings.